The Kier molecular flexibility index (Phi) is 4.36. The molecule has 7 nitrogen and oxygen atoms in total. The van der Waals surface area contributed by atoms with Crippen molar-refractivity contribution in [3.63, 3.8) is 0 Å². The topological polar surface area (TPSA) is 63.5 Å². The summed E-state index contributed by atoms with van der Waals surface area (Å²) in [6, 6.07) is 0. The lowest BCUT2D eigenvalue weighted by molar-refractivity contribution is 0.0769. The standard InChI is InChI=1S/C12H21N5O2/c1-4-19-12(18)17-7-5-16(6-8-17)9-11-14-13-10(2)15(11)3/h4-9H2,1-3H3. The minimum absolute atomic E-state index is 0.211. The van der Waals surface area contributed by atoms with Crippen LogP contribution in [-0.4, -0.2) is 63.4 Å². The van der Waals surface area contributed by atoms with E-state index < -0.39 is 0 Å². The molecule has 0 aliphatic carbocycles. The van der Waals surface area contributed by atoms with Gasteiger partial charge in [-0.1, -0.05) is 0 Å². The van der Waals surface area contributed by atoms with E-state index in [0.717, 1.165) is 31.3 Å². The first-order valence-corrected chi connectivity index (χ1v) is 6.60. The van der Waals surface area contributed by atoms with Gasteiger partial charge in [-0.2, -0.15) is 0 Å². The average Bonchev–Trinajstić information content (AvgIpc) is 2.72. The fourth-order valence-corrected chi connectivity index (χ4v) is 2.09. The fraction of sp³-hybridized carbons (Fsp3) is 0.750. The smallest absolute Gasteiger partial charge is 0.409 e. The van der Waals surface area contributed by atoms with E-state index in [1.165, 1.54) is 0 Å². The van der Waals surface area contributed by atoms with Gasteiger partial charge in [-0.25, -0.2) is 4.79 Å². The number of aryl methyl sites for hydroxylation is 1. The van der Waals surface area contributed by atoms with E-state index >= 15 is 0 Å². The molecule has 0 radical (unpaired) electrons. The Labute approximate surface area is 113 Å². The fourth-order valence-electron chi connectivity index (χ4n) is 2.09. The van der Waals surface area contributed by atoms with Gasteiger partial charge < -0.3 is 14.2 Å². The Hall–Kier alpha value is -1.63. The number of ether oxygens (including phenoxy) is 1. The van der Waals surface area contributed by atoms with Gasteiger partial charge in [0.1, 0.15) is 11.6 Å². The second-order valence-electron chi connectivity index (χ2n) is 4.68. The van der Waals surface area contributed by atoms with Gasteiger partial charge >= 0.3 is 6.09 Å². The number of aromatic nitrogens is 3. The van der Waals surface area contributed by atoms with Crippen LogP contribution >= 0.6 is 0 Å². The molecule has 0 unspecified atom stereocenters. The van der Waals surface area contributed by atoms with Gasteiger partial charge in [-0.3, -0.25) is 4.90 Å². The molecule has 1 aliphatic rings. The molecule has 106 valence electrons. The molecule has 0 N–H and O–H groups in total. The minimum Gasteiger partial charge on any atom is -0.450 e. The van der Waals surface area contributed by atoms with Crippen molar-refractivity contribution in [1.82, 2.24) is 24.6 Å². The quantitative estimate of drug-likeness (QED) is 0.793. The van der Waals surface area contributed by atoms with Crippen LogP contribution < -0.4 is 0 Å². The van der Waals surface area contributed by atoms with E-state index in [2.05, 4.69) is 15.1 Å². The first-order valence-electron chi connectivity index (χ1n) is 6.60. The molecule has 7 heteroatoms. The highest BCUT2D eigenvalue weighted by molar-refractivity contribution is 5.67. The van der Waals surface area contributed by atoms with Gasteiger partial charge in [-0.15, -0.1) is 10.2 Å². The van der Waals surface area contributed by atoms with Crippen molar-refractivity contribution in [1.29, 1.82) is 0 Å². The van der Waals surface area contributed by atoms with E-state index in [9.17, 15) is 4.79 Å². The van der Waals surface area contributed by atoms with Crippen molar-refractivity contribution in [3.05, 3.63) is 11.6 Å². The second kappa shape index (κ2) is 6.01. The zero-order valence-corrected chi connectivity index (χ0v) is 11.8. The largest absolute Gasteiger partial charge is 0.450 e. The highest BCUT2D eigenvalue weighted by Crippen LogP contribution is 2.08. The Bertz CT molecular complexity index is 437. The van der Waals surface area contributed by atoms with E-state index in [-0.39, 0.29) is 6.09 Å². The summed E-state index contributed by atoms with van der Waals surface area (Å²) in [5.41, 5.74) is 0. The average molecular weight is 267 g/mol. The molecule has 1 aliphatic heterocycles. The molecule has 2 rings (SSSR count). The summed E-state index contributed by atoms with van der Waals surface area (Å²) in [4.78, 5) is 15.6. The summed E-state index contributed by atoms with van der Waals surface area (Å²) in [6.45, 7) is 8.05. The Morgan fingerprint density at radius 3 is 2.47 bits per heavy atom. The molecule has 19 heavy (non-hydrogen) atoms. The van der Waals surface area contributed by atoms with Crippen LogP contribution in [0.3, 0.4) is 0 Å². The summed E-state index contributed by atoms with van der Waals surface area (Å²) >= 11 is 0. The Balaban J connectivity index is 1.83. The molecule has 0 aromatic carbocycles. The van der Waals surface area contributed by atoms with Crippen LogP contribution in [-0.2, 0) is 18.3 Å². The predicted molar refractivity (Wildman–Crippen MR) is 69.6 cm³/mol. The van der Waals surface area contributed by atoms with E-state index in [1.807, 2.05) is 25.5 Å². The van der Waals surface area contributed by atoms with Crippen molar-refractivity contribution in [2.24, 2.45) is 7.05 Å². The van der Waals surface area contributed by atoms with Gasteiger partial charge in [-0.05, 0) is 13.8 Å². The van der Waals surface area contributed by atoms with E-state index in [4.69, 9.17) is 4.74 Å². The number of hydrogen-bond acceptors (Lipinski definition) is 5. The van der Waals surface area contributed by atoms with Crippen LogP contribution in [0.4, 0.5) is 4.79 Å². The lowest BCUT2D eigenvalue weighted by Gasteiger charge is -2.33. The number of carbonyl (C=O) groups is 1. The summed E-state index contributed by atoms with van der Waals surface area (Å²) < 4.78 is 7.00. The van der Waals surface area contributed by atoms with Crippen LogP contribution in [0, 0.1) is 6.92 Å². The number of amides is 1. The number of piperazine rings is 1. The Morgan fingerprint density at radius 2 is 1.95 bits per heavy atom. The van der Waals surface area contributed by atoms with Gasteiger partial charge in [0, 0.05) is 33.2 Å². The van der Waals surface area contributed by atoms with Gasteiger partial charge in [0.2, 0.25) is 0 Å². The van der Waals surface area contributed by atoms with Crippen molar-refractivity contribution in [2.45, 2.75) is 20.4 Å². The van der Waals surface area contributed by atoms with Crippen molar-refractivity contribution >= 4 is 6.09 Å². The molecule has 1 aromatic rings. The van der Waals surface area contributed by atoms with Crippen LogP contribution in [0.2, 0.25) is 0 Å². The number of nitrogens with zero attached hydrogens (tertiary/aromatic N) is 5. The SMILES string of the molecule is CCOC(=O)N1CCN(Cc2nnc(C)n2C)CC1. The van der Waals surface area contributed by atoms with Crippen molar-refractivity contribution in [3.8, 4) is 0 Å². The van der Waals surface area contributed by atoms with Gasteiger partial charge in [0.05, 0.1) is 13.2 Å². The maximum Gasteiger partial charge on any atom is 0.409 e. The van der Waals surface area contributed by atoms with Crippen molar-refractivity contribution in [2.75, 3.05) is 32.8 Å². The normalized spacial score (nSPS) is 16.7. The third-order valence-corrected chi connectivity index (χ3v) is 3.45. The predicted octanol–water partition coefficient (Wildman–Crippen LogP) is 0.398. The zero-order chi connectivity index (χ0) is 13.8. The lowest BCUT2D eigenvalue weighted by atomic mass is 10.3. The number of carbonyl (C=O) groups excluding carboxylic acids is 1. The lowest BCUT2D eigenvalue weighted by Crippen LogP contribution is -2.48. The zero-order valence-electron chi connectivity index (χ0n) is 11.8. The monoisotopic (exact) mass is 267 g/mol. The summed E-state index contributed by atoms with van der Waals surface area (Å²) in [5, 5.41) is 8.21. The second-order valence-corrected chi connectivity index (χ2v) is 4.68. The maximum absolute atomic E-state index is 11.6. The first-order chi connectivity index (χ1) is 9.11. The molecular formula is C12H21N5O2. The molecule has 0 spiro atoms. The number of rotatable bonds is 3. The molecule has 0 bridgehead atoms. The molecule has 1 aromatic heterocycles. The third-order valence-electron chi connectivity index (χ3n) is 3.45. The maximum atomic E-state index is 11.6. The highest BCUT2D eigenvalue weighted by atomic mass is 16.6. The van der Waals surface area contributed by atoms with Crippen LogP contribution in [0.15, 0.2) is 0 Å². The Morgan fingerprint density at radius 1 is 1.26 bits per heavy atom. The van der Waals surface area contributed by atoms with E-state index in [0.29, 0.717) is 19.7 Å². The van der Waals surface area contributed by atoms with Gasteiger partial charge in [0.15, 0.2) is 0 Å². The summed E-state index contributed by atoms with van der Waals surface area (Å²) in [7, 11) is 1.97. The summed E-state index contributed by atoms with van der Waals surface area (Å²) in [5.74, 6) is 1.88. The molecule has 1 fully saturated rings. The third kappa shape index (κ3) is 3.23. The molecule has 1 saturated heterocycles. The van der Waals surface area contributed by atoms with Crippen molar-refractivity contribution < 1.29 is 9.53 Å². The molecule has 0 atom stereocenters. The number of hydrogen-bond donors (Lipinski definition) is 0. The summed E-state index contributed by atoms with van der Waals surface area (Å²) in [6.07, 6.45) is -0.211. The van der Waals surface area contributed by atoms with Gasteiger partial charge in [0.25, 0.3) is 0 Å². The first kappa shape index (κ1) is 13.8. The molecule has 1 amide bonds. The van der Waals surface area contributed by atoms with Crippen LogP contribution in [0.25, 0.3) is 0 Å². The van der Waals surface area contributed by atoms with Crippen LogP contribution in [0.1, 0.15) is 18.6 Å². The minimum atomic E-state index is -0.211. The van der Waals surface area contributed by atoms with Crippen LogP contribution in [0.5, 0.6) is 0 Å². The molecule has 0 saturated carbocycles. The van der Waals surface area contributed by atoms with E-state index in [1.54, 1.807) is 4.90 Å². The molecular weight excluding hydrogens is 246 g/mol. The molecule has 2 heterocycles. The highest BCUT2D eigenvalue weighted by Gasteiger charge is 2.22.